The molecular weight excluding hydrogens is 297 g/mol. The van der Waals surface area contributed by atoms with Crippen LogP contribution in [-0.2, 0) is 16.1 Å². The second kappa shape index (κ2) is 6.06. The fourth-order valence-corrected chi connectivity index (χ4v) is 2.09. The van der Waals surface area contributed by atoms with E-state index in [1.807, 2.05) is 0 Å². The van der Waals surface area contributed by atoms with Crippen molar-refractivity contribution in [1.82, 2.24) is 10.5 Å². The van der Waals surface area contributed by atoms with Crippen molar-refractivity contribution >= 4 is 17.2 Å². The number of carbonyl (C=O) groups is 1. The Kier molecular flexibility index (Phi) is 4.40. The molecule has 0 saturated carbocycles. The highest BCUT2D eigenvalue weighted by molar-refractivity contribution is 7.13. The number of hydrogen-bond acceptors (Lipinski definition) is 5. The number of alkyl halides is 3. The van der Waals surface area contributed by atoms with Crippen molar-refractivity contribution in [2.75, 3.05) is 6.61 Å². The molecule has 0 fully saturated rings. The molecule has 0 bridgehead atoms. The minimum absolute atomic E-state index is 0.172. The summed E-state index contributed by atoms with van der Waals surface area (Å²) < 4.78 is 40.5. The van der Waals surface area contributed by atoms with Crippen LogP contribution in [0.4, 0.5) is 13.2 Å². The quantitative estimate of drug-likeness (QED) is 0.862. The van der Waals surface area contributed by atoms with E-state index < -0.39 is 18.7 Å². The summed E-state index contributed by atoms with van der Waals surface area (Å²) in [4.78, 5) is 19.5. The van der Waals surface area contributed by atoms with Gasteiger partial charge in [0.2, 0.25) is 5.91 Å². The monoisotopic (exact) mass is 306 g/mol. The van der Waals surface area contributed by atoms with E-state index in [0.717, 1.165) is 0 Å². The van der Waals surface area contributed by atoms with Crippen LogP contribution in [0.15, 0.2) is 28.2 Å². The van der Waals surface area contributed by atoms with Crippen LogP contribution in [0.2, 0.25) is 0 Å². The van der Waals surface area contributed by atoms with Crippen LogP contribution in [0.5, 0.6) is 0 Å². The third kappa shape index (κ3) is 4.35. The van der Waals surface area contributed by atoms with Crippen molar-refractivity contribution in [1.29, 1.82) is 0 Å². The number of furan rings is 1. The van der Waals surface area contributed by atoms with E-state index in [0.29, 0.717) is 16.5 Å². The lowest BCUT2D eigenvalue weighted by atomic mass is 10.3. The van der Waals surface area contributed by atoms with Crippen LogP contribution >= 0.6 is 11.3 Å². The molecule has 1 amide bonds. The van der Waals surface area contributed by atoms with Crippen LogP contribution in [-0.4, -0.2) is 23.7 Å². The average Bonchev–Trinajstić information content (AvgIpc) is 2.96. The Morgan fingerprint density at radius 2 is 2.30 bits per heavy atom. The summed E-state index contributed by atoms with van der Waals surface area (Å²) in [6, 6.07) is 3.42. The lowest BCUT2D eigenvalue weighted by molar-refractivity contribution is -0.191. The fourth-order valence-electron chi connectivity index (χ4n) is 1.30. The molecule has 0 radical (unpaired) electrons. The van der Waals surface area contributed by atoms with E-state index in [2.05, 4.69) is 9.82 Å². The van der Waals surface area contributed by atoms with Crippen molar-refractivity contribution in [2.45, 2.75) is 12.6 Å². The molecule has 0 aliphatic heterocycles. The zero-order valence-corrected chi connectivity index (χ0v) is 10.8. The van der Waals surface area contributed by atoms with Crippen molar-refractivity contribution in [2.24, 2.45) is 0 Å². The first-order valence-corrected chi connectivity index (χ1v) is 6.28. The number of halogens is 3. The normalized spacial score (nSPS) is 11.6. The fraction of sp³-hybridized carbons (Fsp3) is 0.273. The van der Waals surface area contributed by atoms with Crippen molar-refractivity contribution < 1.29 is 27.2 Å². The topological polar surface area (TPSA) is 64.4 Å². The summed E-state index contributed by atoms with van der Waals surface area (Å²) in [5, 5.41) is 2.22. The van der Waals surface area contributed by atoms with Gasteiger partial charge in [-0.05, 0) is 12.1 Å². The number of carbonyl (C=O) groups excluding carboxylic acids is 1. The van der Waals surface area contributed by atoms with Crippen molar-refractivity contribution in [3.8, 4) is 10.8 Å². The predicted molar refractivity (Wildman–Crippen MR) is 63.7 cm³/mol. The zero-order valence-electron chi connectivity index (χ0n) is 9.94. The number of amides is 1. The highest BCUT2D eigenvalue weighted by Gasteiger charge is 2.28. The van der Waals surface area contributed by atoms with E-state index in [1.54, 1.807) is 23.0 Å². The minimum atomic E-state index is -4.49. The number of hydrogen-bond donors (Lipinski definition) is 1. The third-order valence-electron chi connectivity index (χ3n) is 2.05. The molecule has 0 spiro atoms. The summed E-state index contributed by atoms with van der Waals surface area (Å²) in [6.45, 7) is -1.53. The summed E-state index contributed by atoms with van der Waals surface area (Å²) in [5.74, 6) is -0.138. The Hall–Kier alpha value is -1.87. The van der Waals surface area contributed by atoms with Gasteiger partial charge < -0.3 is 4.42 Å². The summed E-state index contributed by atoms with van der Waals surface area (Å²) in [6.07, 6.45) is -3.16. The van der Waals surface area contributed by atoms with Crippen LogP contribution in [0.3, 0.4) is 0 Å². The molecule has 9 heteroatoms. The van der Waals surface area contributed by atoms with E-state index in [-0.39, 0.29) is 6.42 Å². The van der Waals surface area contributed by atoms with E-state index in [1.165, 1.54) is 17.6 Å². The van der Waals surface area contributed by atoms with Crippen LogP contribution in [0.1, 0.15) is 5.69 Å². The van der Waals surface area contributed by atoms with Gasteiger partial charge in [-0.15, -0.1) is 11.3 Å². The first-order valence-electron chi connectivity index (χ1n) is 5.40. The van der Waals surface area contributed by atoms with Gasteiger partial charge in [0.1, 0.15) is 0 Å². The summed E-state index contributed by atoms with van der Waals surface area (Å²) in [5.41, 5.74) is 2.14. The SMILES string of the molecule is O=C(Cc1csc(-c2ccco2)n1)NOCC(F)(F)F. The number of nitrogens with zero attached hydrogens (tertiary/aromatic N) is 1. The number of aromatic nitrogens is 1. The van der Waals surface area contributed by atoms with Crippen LogP contribution in [0, 0.1) is 0 Å². The van der Waals surface area contributed by atoms with Gasteiger partial charge in [0.25, 0.3) is 0 Å². The van der Waals surface area contributed by atoms with Gasteiger partial charge in [-0.1, -0.05) is 0 Å². The Bertz CT molecular complexity index is 566. The molecule has 2 rings (SSSR count). The van der Waals surface area contributed by atoms with Gasteiger partial charge in [-0.25, -0.2) is 10.5 Å². The molecule has 5 nitrogen and oxygen atoms in total. The molecule has 0 aromatic carbocycles. The molecule has 20 heavy (non-hydrogen) atoms. The minimum Gasteiger partial charge on any atom is -0.462 e. The summed E-state index contributed by atoms with van der Waals surface area (Å²) >= 11 is 1.27. The van der Waals surface area contributed by atoms with Gasteiger partial charge in [0, 0.05) is 5.38 Å². The lowest BCUT2D eigenvalue weighted by Crippen LogP contribution is -2.30. The van der Waals surface area contributed by atoms with Gasteiger partial charge in [0.05, 0.1) is 18.4 Å². The largest absolute Gasteiger partial charge is 0.462 e. The number of hydroxylamine groups is 1. The number of nitrogens with one attached hydrogen (secondary N) is 1. The summed E-state index contributed by atoms with van der Waals surface area (Å²) in [7, 11) is 0. The molecule has 0 unspecified atom stereocenters. The molecule has 0 saturated heterocycles. The standard InChI is InChI=1S/C11H9F3N2O3S/c12-11(13,14)6-19-16-9(17)4-7-5-20-10(15-7)8-2-1-3-18-8/h1-3,5H,4,6H2,(H,16,17). The molecule has 2 aromatic rings. The molecular formula is C11H9F3N2O3S. The number of thiazole rings is 1. The van der Waals surface area contributed by atoms with Crippen LogP contribution in [0.25, 0.3) is 10.8 Å². The molecule has 108 valence electrons. The van der Waals surface area contributed by atoms with Gasteiger partial charge in [0.15, 0.2) is 17.4 Å². The lowest BCUT2D eigenvalue weighted by Gasteiger charge is -2.07. The second-order valence-corrected chi connectivity index (χ2v) is 4.59. The van der Waals surface area contributed by atoms with Gasteiger partial charge in [-0.2, -0.15) is 13.2 Å². The van der Waals surface area contributed by atoms with Crippen molar-refractivity contribution in [3.63, 3.8) is 0 Å². The maximum absolute atomic E-state index is 11.8. The van der Waals surface area contributed by atoms with E-state index in [9.17, 15) is 18.0 Å². The molecule has 2 heterocycles. The maximum Gasteiger partial charge on any atom is 0.414 e. The van der Waals surface area contributed by atoms with E-state index >= 15 is 0 Å². The Morgan fingerprint density at radius 1 is 1.50 bits per heavy atom. The highest BCUT2D eigenvalue weighted by Crippen LogP contribution is 2.24. The van der Waals surface area contributed by atoms with Crippen LogP contribution < -0.4 is 5.48 Å². The van der Waals surface area contributed by atoms with E-state index in [4.69, 9.17) is 4.42 Å². The molecule has 0 aliphatic rings. The molecule has 1 N–H and O–H groups in total. The smallest absolute Gasteiger partial charge is 0.414 e. The Morgan fingerprint density at radius 3 is 2.95 bits per heavy atom. The van der Waals surface area contributed by atoms with Crippen molar-refractivity contribution in [3.05, 3.63) is 29.5 Å². The maximum atomic E-state index is 11.8. The highest BCUT2D eigenvalue weighted by atomic mass is 32.1. The first-order chi connectivity index (χ1) is 9.44. The molecule has 2 aromatic heterocycles. The zero-order chi connectivity index (χ0) is 14.6. The third-order valence-corrected chi connectivity index (χ3v) is 2.95. The van der Waals surface area contributed by atoms with Gasteiger partial charge in [-0.3, -0.25) is 9.63 Å². The molecule has 0 atom stereocenters. The first kappa shape index (κ1) is 14.5. The Balaban J connectivity index is 1.83. The average molecular weight is 306 g/mol. The Labute approximate surface area is 115 Å². The molecule has 0 aliphatic carbocycles. The van der Waals surface area contributed by atoms with Gasteiger partial charge >= 0.3 is 6.18 Å². The second-order valence-electron chi connectivity index (χ2n) is 3.73. The number of rotatable bonds is 5. The predicted octanol–water partition coefficient (Wildman–Crippen LogP) is 2.56.